The van der Waals surface area contributed by atoms with Gasteiger partial charge in [-0.1, -0.05) is 0 Å². The Labute approximate surface area is 83.9 Å². The Hall–Kier alpha value is -0.580. The number of nitrogens with one attached hydrogen (secondary N) is 1. The number of hydrogen-bond donors (Lipinski definition) is 2. The topological polar surface area (TPSA) is 49.9 Å². The quantitative estimate of drug-likeness (QED) is 0.561. The van der Waals surface area contributed by atoms with Crippen molar-refractivity contribution in [2.75, 3.05) is 0 Å². The zero-order valence-corrected chi connectivity index (χ0v) is 8.48. The maximum absolute atomic E-state index is 7.20. The summed E-state index contributed by atoms with van der Waals surface area (Å²) >= 11 is 3.27. The summed E-state index contributed by atoms with van der Waals surface area (Å²) in [5, 5.41) is 10.4. The van der Waals surface area contributed by atoms with Gasteiger partial charge in [-0.25, -0.2) is 0 Å². The van der Waals surface area contributed by atoms with E-state index in [0.29, 0.717) is 0 Å². The van der Waals surface area contributed by atoms with E-state index in [-0.39, 0.29) is 18.2 Å². The van der Waals surface area contributed by atoms with Crippen LogP contribution in [0.5, 0.6) is 0 Å². The minimum absolute atomic E-state index is 0. The highest BCUT2D eigenvalue weighted by atomic mass is 35.5. The smallest absolute Gasteiger partial charge is 0.133 e. The lowest BCUT2D eigenvalue weighted by Crippen LogP contribution is -2.08. The first-order valence-electron chi connectivity index (χ1n) is 3.09. The fourth-order valence-corrected chi connectivity index (χ4v) is 2.87. The number of amidine groups is 1. The second-order valence-corrected chi connectivity index (χ2v) is 4.41. The molecule has 0 bridgehead atoms. The van der Waals surface area contributed by atoms with Crippen molar-refractivity contribution in [3.05, 3.63) is 22.4 Å². The van der Waals surface area contributed by atoms with Crippen LogP contribution < -0.4 is 5.73 Å². The molecule has 64 valence electrons. The van der Waals surface area contributed by atoms with Crippen molar-refractivity contribution >= 4 is 50.3 Å². The van der Waals surface area contributed by atoms with Crippen molar-refractivity contribution in [2.45, 2.75) is 0 Å². The fraction of sp³-hybridized carbons (Fsp3) is 0. The second-order valence-electron chi connectivity index (χ2n) is 2.19. The summed E-state index contributed by atoms with van der Waals surface area (Å²) in [6.45, 7) is 0. The third-order valence-electron chi connectivity index (χ3n) is 1.41. The first kappa shape index (κ1) is 9.51. The van der Waals surface area contributed by atoms with Crippen LogP contribution in [0.15, 0.2) is 17.5 Å². The molecule has 0 unspecified atom stereocenters. The van der Waals surface area contributed by atoms with E-state index < -0.39 is 0 Å². The van der Waals surface area contributed by atoms with E-state index in [9.17, 15) is 0 Å². The highest BCUT2D eigenvalue weighted by Crippen LogP contribution is 2.29. The predicted molar refractivity (Wildman–Crippen MR) is 58.0 cm³/mol. The normalized spacial score (nSPS) is 9.67. The van der Waals surface area contributed by atoms with E-state index in [2.05, 4.69) is 0 Å². The van der Waals surface area contributed by atoms with Gasteiger partial charge in [-0.05, 0) is 17.5 Å². The maximum atomic E-state index is 7.20. The Bertz CT molecular complexity index is 376. The molecule has 0 spiro atoms. The van der Waals surface area contributed by atoms with Gasteiger partial charge in [0.25, 0.3) is 0 Å². The van der Waals surface area contributed by atoms with Gasteiger partial charge in [0, 0.05) is 5.39 Å². The van der Waals surface area contributed by atoms with Gasteiger partial charge in [0.05, 0.1) is 8.89 Å². The number of nitrogens with two attached hydrogens (primary N) is 1. The number of nitrogen functional groups attached to an aromatic ring is 1. The molecule has 0 aliphatic rings. The molecule has 2 nitrogen and oxygen atoms in total. The van der Waals surface area contributed by atoms with Gasteiger partial charge >= 0.3 is 0 Å². The van der Waals surface area contributed by atoms with Gasteiger partial charge in [-0.3, -0.25) is 5.41 Å². The van der Waals surface area contributed by atoms with Gasteiger partial charge < -0.3 is 5.73 Å². The SMILES string of the molecule is Cl.N=C(N)c1cc2ccsc2s1. The highest BCUT2D eigenvalue weighted by molar-refractivity contribution is 7.38. The summed E-state index contributed by atoms with van der Waals surface area (Å²) in [7, 11) is 0. The summed E-state index contributed by atoms with van der Waals surface area (Å²) in [4.78, 5) is 0.867. The maximum Gasteiger partial charge on any atom is 0.133 e. The molecule has 0 saturated heterocycles. The zero-order chi connectivity index (χ0) is 7.84. The van der Waals surface area contributed by atoms with Crippen LogP contribution in [-0.4, -0.2) is 5.84 Å². The number of halogens is 1. The monoisotopic (exact) mass is 218 g/mol. The lowest BCUT2D eigenvalue weighted by Gasteiger charge is -1.85. The molecule has 0 saturated carbocycles. The number of rotatable bonds is 1. The fourth-order valence-electron chi connectivity index (χ4n) is 0.899. The van der Waals surface area contributed by atoms with E-state index in [0.717, 1.165) is 4.88 Å². The Morgan fingerprint density at radius 1 is 1.50 bits per heavy atom. The van der Waals surface area contributed by atoms with E-state index >= 15 is 0 Å². The molecular weight excluding hydrogens is 212 g/mol. The summed E-state index contributed by atoms with van der Waals surface area (Å²) < 4.78 is 1.25. The average molecular weight is 219 g/mol. The number of fused-ring (bicyclic) bond motifs is 1. The molecule has 2 aromatic rings. The number of hydrogen-bond acceptors (Lipinski definition) is 3. The summed E-state index contributed by atoms with van der Waals surface area (Å²) in [5.74, 6) is 0.165. The molecule has 12 heavy (non-hydrogen) atoms. The Morgan fingerprint density at radius 2 is 2.25 bits per heavy atom. The van der Waals surface area contributed by atoms with Crippen LogP contribution >= 0.6 is 35.1 Å². The van der Waals surface area contributed by atoms with Gasteiger partial charge in [-0.2, -0.15) is 0 Å². The molecule has 2 heterocycles. The summed E-state index contributed by atoms with van der Waals surface area (Å²) in [6, 6.07) is 4.00. The Balaban J connectivity index is 0.000000720. The molecule has 0 fully saturated rings. The molecule has 0 aliphatic carbocycles. The molecule has 2 rings (SSSR count). The molecule has 2 aromatic heterocycles. The third-order valence-corrected chi connectivity index (χ3v) is 3.65. The van der Waals surface area contributed by atoms with Crippen LogP contribution in [0.4, 0.5) is 0 Å². The molecule has 0 aromatic carbocycles. The molecule has 0 amide bonds. The van der Waals surface area contributed by atoms with Crippen LogP contribution in [0.2, 0.25) is 0 Å². The number of thiophene rings is 2. The van der Waals surface area contributed by atoms with E-state index in [1.54, 1.807) is 22.7 Å². The van der Waals surface area contributed by atoms with Gasteiger partial charge in [-0.15, -0.1) is 35.1 Å². The van der Waals surface area contributed by atoms with Gasteiger partial charge in [0.2, 0.25) is 0 Å². The lowest BCUT2D eigenvalue weighted by molar-refractivity contribution is 1.46. The summed E-state index contributed by atoms with van der Waals surface area (Å²) in [5.41, 5.74) is 5.34. The molecule has 0 atom stereocenters. The minimum Gasteiger partial charge on any atom is -0.383 e. The van der Waals surface area contributed by atoms with Crippen LogP contribution in [0, 0.1) is 5.41 Å². The van der Waals surface area contributed by atoms with Crippen LogP contribution in [0.25, 0.3) is 9.40 Å². The lowest BCUT2D eigenvalue weighted by atomic mass is 10.3. The van der Waals surface area contributed by atoms with E-state index in [1.807, 2.05) is 17.5 Å². The average Bonchev–Trinajstić information content (AvgIpc) is 2.40. The predicted octanol–water partition coefficient (Wildman–Crippen LogP) is 2.67. The van der Waals surface area contributed by atoms with Crippen molar-refractivity contribution in [1.29, 1.82) is 5.41 Å². The molecule has 5 heteroatoms. The van der Waals surface area contributed by atoms with Crippen molar-refractivity contribution in [2.24, 2.45) is 5.73 Å². The summed E-state index contributed by atoms with van der Waals surface area (Å²) in [6.07, 6.45) is 0. The van der Waals surface area contributed by atoms with Gasteiger partial charge in [0.1, 0.15) is 5.84 Å². The largest absolute Gasteiger partial charge is 0.383 e. The van der Waals surface area contributed by atoms with Crippen molar-refractivity contribution < 1.29 is 0 Å². The van der Waals surface area contributed by atoms with Crippen LogP contribution in [-0.2, 0) is 0 Å². The van der Waals surface area contributed by atoms with Crippen molar-refractivity contribution in [1.82, 2.24) is 0 Å². The Kier molecular flexibility index (Phi) is 2.72. The van der Waals surface area contributed by atoms with Crippen LogP contribution in [0.1, 0.15) is 4.88 Å². The standard InChI is InChI=1S/C7H6N2S2.ClH/c8-6(9)5-3-4-1-2-10-7(4)11-5;/h1-3H,(H3,8,9);1H. The van der Waals surface area contributed by atoms with Crippen molar-refractivity contribution in [3.8, 4) is 0 Å². The second kappa shape index (κ2) is 3.43. The first-order chi connectivity index (χ1) is 5.27. The zero-order valence-electron chi connectivity index (χ0n) is 6.03. The molecule has 0 aliphatic heterocycles. The molecular formula is C7H7ClN2S2. The van der Waals surface area contributed by atoms with Crippen LogP contribution in [0.3, 0.4) is 0 Å². The van der Waals surface area contributed by atoms with Crippen molar-refractivity contribution in [3.63, 3.8) is 0 Å². The third kappa shape index (κ3) is 1.46. The van der Waals surface area contributed by atoms with E-state index in [1.165, 1.54) is 9.40 Å². The molecule has 0 radical (unpaired) electrons. The van der Waals surface area contributed by atoms with Gasteiger partial charge in [0.15, 0.2) is 0 Å². The highest BCUT2D eigenvalue weighted by Gasteiger charge is 2.03. The Morgan fingerprint density at radius 3 is 2.83 bits per heavy atom. The van der Waals surface area contributed by atoms with E-state index in [4.69, 9.17) is 11.1 Å². The minimum atomic E-state index is 0. The molecule has 3 N–H and O–H groups in total. The first-order valence-corrected chi connectivity index (χ1v) is 4.78.